The van der Waals surface area contributed by atoms with Crippen molar-refractivity contribution in [3.8, 4) is 0 Å². The van der Waals surface area contributed by atoms with Crippen LogP contribution in [0.4, 0.5) is 11.6 Å². The fourth-order valence-electron chi connectivity index (χ4n) is 3.40. The number of fused-ring (bicyclic) bond motifs is 1. The van der Waals surface area contributed by atoms with Gasteiger partial charge >= 0.3 is 5.69 Å². The molecular weight excluding hydrogens is 489 g/mol. The number of nitrogens with two attached hydrogens (primary N) is 1. The van der Waals surface area contributed by atoms with Crippen molar-refractivity contribution in [2.24, 2.45) is 5.73 Å². The number of nitro benzene ring substituents is 1. The summed E-state index contributed by atoms with van der Waals surface area (Å²) in [6.45, 7) is 4.09. The highest BCUT2D eigenvalue weighted by Crippen LogP contribution is 2.41. The molecule has 1 aliphatic carbocycles. The van der Waals surface area contributed by atoms with E-state index in [2.05, 4.69) is 42.2 Å². The standard InChI is InChI=1S/C16H21Br2N5O2.ClH/c1-8(2)22-12-7-11(17)13(18)15(23(24)25)14(12)21-16(22)20-10-5-3-9(19)4-6-10;/h7-10H,3-6,19H2,1-2H3,(H,20,21);1H/t9-,10-;. The Morgan fingerprint density at radius 3 is 2.50 bits per heavy atom. The lowest BCUT2D eigenvalue weighted by Gasteiger charge is -2.27. The minimum absolute atomic E-state index is 0. The Hall–Kier alpha value is -0.900. The van der Waals surface area contributed by atoms with Crippen LogP contribution in [0.25, 0.3) is 11.0 Å². The summed E-state index contributed by atoms with van der Waals surface area (Å²) in [5.74, 6) is 0.679. The van der Waals surface area contributed by atoms with Crippen LogP contribution >= 0.6 is 44.3 Å². The van der Waals surface area contributed by atoms with Crippen molar-refractivity contribution >= 4 is 66.9 Å². The highest BCUT2D eigenvalue weighted by atomic mass is 79.9. The number of nitrogens with zero attached hydrogens (tertiary/aromatic N) is 3. The maximum absolute atomic E-state index is 11.6. The molecule has 0 saturated heterocycles. The van der Waals surface area contributed by atoms with E-state index in [1.54, 1.807) is 0 Å². The number of hydrogen-bond acceptors (Lipinski definition) is 5. The largest absolute Gasteiger partial charge is 0.353 e. The van der Waals surface area contributed by atoms with Crippen LogP contribution in [0, 0.1) is 10.1 Å². The minimum atomic E-state index is -0.391. The maximum Gasteiger partial charge on any atom is 0.312 e. The summed E-state index contributed by atoms with van der Waals surface area (Å²) >= 11 is 6.71. The van der Waals surface area contributed by atoms with E-state index in [0.717, 1.165) is 31.2 Å². The van der Waals surface area contributed by atoms with E-state index in [4.69, 9.17) is 5.73 Å². The lowest BCUT2D eigenvalue weighted by molar-refractivity contribution is -0.384. The van der Waals surface area contributed by atoms with Gasteiger partial charge in [-0.2, -0.15) is 0 Å². The smallest absolute Gasteiger partial charge is 0.312 e. The molecule has 7 nitrogen and oxygen atoms in total. The Morgan fingerprint density at radius 1 is 1.35 bits per heavy atom. The SMILES string of the molecule is CC(C)n1c(N[C@H]2CC[C@H](N)CC2)nc2c([N+](=O)[O-])c(Br)c(Br)cc21.Cl. The fourth-order valence-corrected chi connectivity index (χ4v) is 4.25. The third kappa shape index (κ3) is 4.00. The molecule has 0 aliphatic heterocycles. The van der Waals surface area contributed by atoms with Crippen molar-refractivity contribution in [2.45, 2.75) is 57.7 Å². The van der Waals surface area contributed by atoms with Crippen molar-refractivity contribution < 1.29 is 4.92 Å². The van der Waals surface area contributed by atoms with Gasteiger partial charge in [-0.25, -0.2) is 4.98 Å². The molecule has 0 atom stereocenters. The number of imidazole rings is 1. The fraction of sp³-hybridized carbons (Fsp3) is 0.562. The molecule has 0 radical (unpaired) electrons. The number of rotatable bonds is 4. The predicted octanol–water partition coefficient (Wildman–Crippen LogP) is 5.15. The number of halogens is 3. The van der Waals surface area contributed by atoms with Crippen molar-refractivity contribution in [3.05, 3.63) is 25.1 Å². The second-order valence-electron chi connectivity index (χ2n) is 6.80. The molecule has 144 valence electrons. The summed E-state index contributed by atoms with van der Waals surface area (Å²) in [6.07, 6.45) is 3.93. The second kappa shape index (κ2) is 8.41. The van der Waals surface area contributed by atoms with Gasteiger partial charge in [0.05, 0.1) is 10.4 Å². The first-order chi connectivity index (χ1) is 11.8. The molecule has 0 bridgehead atoms. The van der Waals surface area contributed by atoms with Crippen LogP contribution in [0.5, 0.6) is 0 Å². The van der Waals surface area contributed by atoms with E-state index >= 15 is 0 Å². The normalized spacial score (nSPS) is 20.2. The molecule has 0 unspecified atom stereocenters. The molecule has 26 heavy (non-hydrogen) atoms. The van der Waals surface area contributed by atoms with Crippen molar-refractivity contribution in [3.63, 3.8) is 0 Å². The molecule has 1 fully saturated rings. The molecule has 2 aromatic rings. The third-order valence-electron chi connectivity index (χ3n) is 4.66. The van der Waals surface area contributed by atoms with E-state index in [1.165, 1.54) is 0 Å². The van der Waals surface area contributed by atoms with Gasteiger partial charge in [-0.05, 0) is 77.5 Å². The maximum atomic E-state index is 11.6. The van der Waals surface area contributed by atoms with E-state index in [9.17, 15) is 10.1 Å². The van der Waals surface area contributed by atoms with Crippen LogP contribution in [-0.4, -0.2) is 26.6 Å². The molecule has 0 amide bonds. The number of nitro groups is 1. The Balaban J connectivity index is 0.00000243. The number of nitrogens with one attached hydrogen (secondary N) is 1. The zero-order chi connectivity index (χ0) is 18.3. The predicted molar refractivity (Wildman–Crippen MR) is 113 cm³/mol. The Bertz CT molecular complexity index is 819. The summed E-state index contributed by atoms with van der Waals surface area (Å²) in [7, 11) is 0. The topological polar surface area (TPSA) is 99.0 Å². The first kappa shape index (κ1) is 21.4. The Kier molecular flexibility index (Phi) is 6.92. The van der Waals surface area contributed by atoms with Crippen molar-refractivity contribution in [2.75, 3.05) is 5.32 Å². The Morgan fingerprint density at radius 2 is 1.96 bits per heavy atom. The summed E-state index contributed by atoms with van der Waals surface area (Å²) in [5, 5.41) is 15.1. The average molecular weight is 512 g/mol. The van der Waals surface area contributed by atoms with Crippen LogP contribution < -0.4 is 11.1 Å². The van der Waals surface area contributed by atoms with Gasteiger partial charge in [0.1, 0.15) is 4.47 Å². The molecule has 3 N–H and O–H groups in total. The van der Waals surface area contributed by atoms with E-state index in [1.807, 2.05) is 24.5 Å². The molecule has 3 rings (SSSR count). The molecule has 1 aliphatic rings. The molecular formula is C16H22Br2ClN5O2. The summed E-state index contributed by atoms with van der Waals surface area (Å²) < 4.78 is 3.07. The second-order valence-corrected chi connectivity index (χ2v) is 8.45. The highest BCUT2D eigenvalue weighted by molar-refractivity contribution is 9.13. The zero-order valence-electron chi connectivity index (χ0n) is 14.5. The van der Waals surface area contributed by atoms with Gasteiger partial charge in [0.15, 0.2) is 5.52 Å². The monoisotopic (exact) mass is 509 g/mol. The number of aromatic nitrogens is 2. The zero-order valence-corrected chi connectivity index (χ0v) is 18.5. The number of benzene rings is 1. The van der Waals surface area contributed by atoms with Gasteiger partial charge < -0.3 is 15.6 Å². The van der Waals surface area contributed by atoms with Crippen LogP contribution in [0.1, 0.15) is 45.6 Å². The van der Waals surface area contributed by atoms with Crippen molar-refractivity contribution in [1.29, 1.82) is 0 Å². The van der Waals surface area contributed by atoms with Crippen LogP contribution in [0.3, 0.4) is 0 Å². The van der Waals surface area contributed by atoms with E-state index in [0.29, 0.717) is 26.5 Å². The molecule has 10 heteroatoms. The molecule has 0 spiro atoms. The lowest BCUT2D eigenvalue weighted by atomic mass is 9.92. The van der Waals surface area contributed by atoms with Gasteiger partial charge in [0.25, 0.3) is 0 Å². The first-order valence-corrected chi connectivity index (χ1v) is 9.94. The molecule has 1 aromatic heterocycles. The lowest BCUT2D eigenvalue weighted by Crippen LogP contribution is -2.33. The van der Waals surface area contributed by atoms with Gasteiger partial charge in [-0.3, -0.25) is 10.1 Å². The summed E-state index contributed by atoms with van der Waals surface area (Å²) in [4.78, 5) is 15.8. The van der Waals surface area contributed by atoms with Crippen LogP contribution in [-0.2, 0) is 0 Å². The quantitative estimate of drug-likeness (QED) is 0.437. The highest BCUT2D eigenvalue weighted by Gasteiger charge is 2.28. The van der Waals surface area contributed by atoms with Gasteiger partial charge in [0.2, 0.25) is 5.95 Å². The van der Waals surface area contributed by atoms with Crippen molar-refractivity contribution in [1.82, 2.24) is 9.55 Å². The van der Waals surface area contributed by atoms with Gasteiger partial charge in [-0.1, -0.05) is 0 Å². The minimum Gasteiger partial charge on any atom is -0.353 e. The third-order valence-corrected chi connectivity index (χ3v) is 6.62. The molecule has 1 heterocycles. The van der Waals surface area contributed by atoms with Gasteiger partial charge in [-0.15, -0.1) is 12.4 Å². The number of anilines is 1. The Labute approximate surface area is 174 Å². The summed E-state index contributed by atoms with van der Waals surface area (Å²) in [6, 6.07) is 2.56. The van der Waals surface area contributed by atoms with E-state index in [-0.39, 0.29) is 30.2 Å². The number of hydrogen-bond donors (Lipinski definition) is 2. The van der Waals surface area contributed by atoms with Gasteiger partial charge in [0, 0.05) is 22.6 Å². The van der Waals surface area contributed by atoms with E-state index < -0.39 is 4.92 Å². The summed E-state index contributed by atoms with van der Waals surface area (Å²) in [5.41, 5.74) is 7.10. The molecule has 1 aromatic carbocycles. The average Bonchev–Trinajstić information content (AvgIpc) is 2.87. The van der Waals surface area contributed by atoms with Crippen LogP contribution in [0.15, 0.2) is 15.0 Å². The van der Waals surface area contributed by atoms with Crippen LogP contribution in [0.2, 0.25) is 0 Å². The first-order valence-electron chi connectivity index (χ1n) is 8.36. The molecule has 1 saturated carbocycles.